The van der Waals surface area contributed by atoms with Gasteiger partial charge in [-0.25, -0.2) is 4.39 Å². The van der Waals surface area contributed by atoms with Gasteiger partial charge in [0.15, 0.2) is 0 Å². The summed E-state index contributed by atoms with van der Waals surface area (Å²) < 4.78 is 13.1. The van der Waals surface area contributed by atoms with Crippen LogP contribution in [0.2, 0.25) is 0 Å². The second-order valence-corrected chi connectivity index (χ2v) is 7.26. The number of pyridine rings is 1. The number of halogens is 1. The van der Waals surface area contributed by atoms with Gasteiger partial charge < -0.3 is 15.1 Å². The zero-order chi connectivity index (χ0) is 20.2. The van der Waals surface area contributed by atoms with Crippen molar-refractivity contribution in [2.45, 2.75) is 7.43 Å². The monoisotopic (exact) mass is 406 g/mol. The zero-order valence-electron chi connectivity index (χ0n) is 16.3. The lowest BCUT2D eigenvalue weighted by atomic mass is 10.1. The maximum atomic E-state index is 13.1. The van der Waals surface area contributed by atoms with Crippen molar-refractivity contribution in [1.82, 2.24) is 9.88 Å². The summed E-state index contributed by atoms with van der Waals surface area (Å²) in [6.07, 6.45) is 3.19. The SMILES string of the molecule is C.CN1CCN(c2ccc(NC(=O)c3cncc(-c4ccc(F)cc4)c3)cc2)CC1. The van der Waals surface area contributed by atoms with Gasteiger partial charge in [-0.2, -0.15) is 0 Å². The summed E-state index contributed by atoms with van der Waals surface area (Å²) >= 11 is 0. The van der Waals surface area contributed by atoms with Crippen molar-refractivity contribution in [2.75, 3.05) is 43.4 Å². The minimum absolute atomic E-state index is 0. The second kappa shape index (κ2) is 9.50. The van der Waals surface area contributed by atoms with Crippen LogP contribution in [0.25, 0.3) is 11.1 Å². The average molecular weight is 407 g/mol. The van der Waals surface area contributed by atoms with Crippen molar-refractivity contribution in [3.8, 4) is 11.1 Å². The fourth-order valence-corrected chi connectivity index (χ4v) is 3.39. The van der Waals surface area contributed by atoms with E-state index in [-0.39, 0.29) is 19.2 Å². The summed E-state index contributed by atoms with van der Waals surface area (Å²) in [5, 5.41) is 2.92. The standard InChI is InChI=1S/C23H23FN4O.CH4/c1-27-10-12-28(13-11-27)22-8-6-21(7-9-22)26-23(29)19-14-18(15-25-16-19)17-2-4-20(24)5-3-17;/h2-9,14-16H,10-13H2,1H3,(H,26,29);1H4. The normalized spacial score (nSPS) is 14.1. The van der Waals surface area contributed by atoms with E-state index in [2.05, 4.69) is 27.1 Å². The topological polar surface area (TPSA) is 48.5 Å². The summed E-state index contributed by atoms with van der Waals surface area (Å²) in [4.78, 5) is 21.5. The molecule has 2 heterocycles. The van der Waals surface area contributed by atoms with Crippen LogP contribution in [0.5, 0.6) is 0 Å². The van der Waals surface area contributed by atoms with Crippen molar-refractivity contribution < 1.29 is 9.18 Å². The lowest BCUT2D eigenvalue weighted by Crippen LogP contribution is -2.44. The Balaban J connectivity index is 0.00000256. The number of likely N-dealkylation sites (N-methyl/N-ethyl adjacent to an activating group) is 1. The van der Waals surface area contributed by atoms with E-state index in [1.165, 1.54) is 18.3 Å². The van der Waals surface area contributed by atoms with E-state index in [1.54, 1.807) is 24.4 Å². The minimum atomic E-state index is -0.296. The Bertz CT molecular complexity index is 981. The van der Waals surface area contributed by atoms with Gasteiger partial charge in [0.1, 0.15) is 5.82 Å². The predicted molar refractivity (Wildman–Crippen MR) is 120 cm³/mol. The molecule has 3 aromatic rings. The Morgan fingerprint density at radius 1 is 0.933 bits per heavy atom. The molecule has 156 valence electrons. The molecule has 2 aromatic carbocycles. The van der Waals surface area contributed by atoms with Crippen LogP contribution < -0.4 is 10.2 Å². The third-order valence-corrected chi connectivity index (χ3v) is 5.17. The number of carbonyl (C=O) groups excluding carboxylic acids is 1. The molecule has 0 radical (unpaired) electrons. The number of nitrogens with zero attached hydrogens (tertiary/aromatic N) is 3. The average Bonchev–Trinajstić information content (AvgIpc) is 2.75. The first-order valence-corrected chi connectivity index (χ1v) is 9.64. The Labute approximate surface area is 177 Å². The van der Waals surface area contributed by atoms with Gasteiger partial charge in [-0.15, -0.1) is 0 Å². The van der Waals surface area contributed by atoms with Crippen LogP contribution in [0.15, 0.2) is 67.0 Å². The van der Waals surface area contributed by atoms with Crippen LogP contribution in [0.4, 0.5) is 15.8 Å². The molecular weight excluding hydrogens is 379 g/mol. The van der Waals surface area contributed by atoms with Crippen molar-refractivity contribution in [3.63, 3.8) is 0 Å². The van der Waals surface area contributed by atoms with E-state index < -0.39 is 0 Å². The first-order valence-electron chi connectivity index (χ1n) is 9.64. The molecule has 30 heavy (non-hydrogen) atoms. The highest BCUT2D eigenvalue weighted by atomic mass is 19.1. The van der Waals surface area contributed by atoms with Gasteiger partial charge >= 0.3 is 0 Å². The van der Waals surface area contributed by atoms with Crippen LogP contribution in [0.1, 0.15) is 17.8 Å². The lowest BCUT2D eigenvalue weighted by molar-refractivity contribution is 0.102. The predicted octanol–water partition coefficient (Wildman–Crippen LogP) is 4.53. The Kier molecular flexibility index (Phi) is 6.79. The summed E-state index contributed by atoms with van der Waals surface area (Å²) in [5.41, 5.74) is 3.93. The third kappa shape index (κ3) is 5.02. The largest absolute Gasteiger partial charge is 0.369 e. The van der Waals surface area contributed by atoms with E-state index in [0.29, 0.717) is 5.56 Å². The molecule has 0 aliphatic carbocycles. The smallest absolute Gasteiger partial charge is 0.257 e. The van der Waals surface area contributed by atoms with Gasteiger partial charge in [0.2, 0.25) is 0 Å². The van der Waals surface area contributed by atoms with E-state index in [4.69, 9.17) is 0 Å². The molecule has 1 N–H and O–H groups in total. The van der Waals surface area contributed by atoms with Crippen molar-refractivity contribution in [3.05, 3.63) is 78.4 Å². The molecule has 0 unspecified atom stereocenters. The molecule has 4 rings (SSSR count). The number of hydrogen-bond donors (Lipinski definition) is 1. The molecule has 0 atom stereocenters. The maximum Gasteiger partial charge on any atom is 0.257 e. The first-order chi connectivity index (χ1) is 14.1. The highest BCUT2D eigenvalue weighted by molar-refractivity contribution is 6.04. The second-order valence-electron chi connectivity index (χ2n) is 7.26. The fraction of sp³-hybridized carbons (Fsp3) is 0.250. The molecule has 6 heteroatoms. The summed E-state index contributed by atoms with van der Waals surface area (Å²) in [6.45, 7) is 4.11. The van der Waals surface area contributed by atoms with Gasteiger partial charge in [0.05, 0.1) is 5.56 Å². The molecule has 1 aliphatic heterocycles. The highest BCUT2D eigenvalue weighted by Gasteiger charge is 2.14. The number of piperazine rings is 1. The Morgan fingerprint density at radius 3 is 2.27 bits per heavy atom. The van der Waals surface area contributed by atoms with Crippen molar-refractivity contribution in [1.29, 1.82) is 0 Å². The van der Waals surface area contributed by atoms with Gasteiger partial charge in [-0.3, -0.25) is 9.78 Å². The van der Waals surface area contributed by atoms with Gasteiger partial charge in [-0.05, 0) is 55.1 Å². The molecule has 1 aromatic heterocycles. The van der Waals surface area contributed by atoms with Gasteiger partial charge in [-0.1, -0.05) is 19.6 Å². The number of amides is 1. The number of hydrogen-bond acceptors (Lipinski definition) is 4. The molecule has 1 amide bonds. The molecule has 1 fully saturated rings. The van der Waals surface area contributed by atoms with E-state index in [0.717, 1.165) is 48.7 Å². The molecule has 1 saturated heterocycles. The number of benzene rings is 2. The molecule has 1 aliphatic rings. The molecule has 0 spiro atoms. The van der Waals surface area contributed by atoms with Crippen LogP contribution in [-0.2, 0) is 0 Å². The summed E-state index contributed by atoms with van der Waals surface area (Å²) in [6, 6.07) is 15.8. The quantitative estimate of drug-likeness (QED) is 0.692. The van der Waals surface area contributed by atoms with Crippen molar-refractivity contribution in [2.24, 2.45) is 0 Å². The third-order valence-electron chi connectivity index (χ3n) is 5.17. The number of rotatable bonds is 4. The maximum absolute atomic E-state index is 13.1. The number of carbonyl (C=O) groups is 1. The Morgan fingerprint density at radius 2 is 1.60 bits per heavy atom. The molecular formula is C24H27FN4O. The van der Waals surface area contributed by atoms with Crippen LogP contribution in [0, 0.1) is 5.82 Å². The number of anilines is 2. The van der Waals surface area contributed by atoms with Crippen molar-refractivity contribution >= 4 is 17.3 Å². The fourth-order valence-electron chi connectivity index (χ4n) is 3.39. The molecule has 0 saturated carbocycles. The number of aromatic nitrogens is 1. The zero-order valence-corrected chi connectivity index (χ0v) is 16.3. The molecule has 0 bridgehead atoms. The van der Waals surface area contributed by atoms with E-state index >= 15 is 0 Å². The van der Waals surface area contributed by atoms with Crippen LogP contribution in [0.3, 0.4) is 0 Å². The van der Waals surface area contributed by atoms with Crippen LogP contribution >= 0.6 is 0 Å². The Hall–Kier alpha value is -3.25. The summed E-state index contributed by atoms with van der Waals surface area (Å²) in [5.74, 6) is -0.524. The van der Waals surface area contributed by atoms with Gasteiger partial charge in [0.25, 0.3) is 5.91 Å². The first kappa shape index (κ1) is 21.5. The lowest BCUT2D eigenvalue weighted by Gasteiger charge is -2.34. The van der Waals surface area contributed by atoms with Gasteiger partial charge in [0, 0.05) is 55.5 Å². The van der Waals surface area contributed by atoms with E-state index in [1.807, 2.05) is 24.3 Å². The summed E-state index contributed by atoms with van der Waals surface area (Å²) in [7, 11) is 2.13. The highest BCUT2D eigenvalue weighted by Crippen LogP contribution is 2.22. The minimum Gasteiger partial charge on any atom is -0.369 e. The van der Waals surface area contributed by atoms with E-state index in [9.17, 15) is 9.18 Å². The van der Waals surface area contributed by atoms with Crippen LogP contribution in [-0.4, -0.2) is 49.0 Å². The molecule has 5 nitrogen and oxygen atoms in total. The number of nitrogens with one attached hydrogen (secondary N) is 1.